The fourth-order valence-electron chi connectivity index (χ4n) is 4.92. The van der Waals surface area contributed by atoms with Crippen molar-refractivity contribution in [3.63, 3.8) is 0 Å². The summed E-state index contributed by atoms with van der Waals surface area (Å²) in [5.41, 5.74) is 1.44. The maximum absolute atomic E-state index is 16.3. The third-order valence-corrected chi connectivity index (χ3v) is 7.18. The predicted octanol–water partition coefficient (Wildman–Crippen LogP) is 6.88. The molecule has 0 aliphatic rings. The molecule has 6 rings (SSSR count). The van der Waals surface area contributed by atoms with Gasteiger partial charge in [-0.15, -0.1) is 0 Å². The van der Waals surface area contributed by atoms with Crippen LogP contribution in [0.4, 0.5) is 13.2 Å². The molecule has 0 saturated heterocycles. The van der Waals surface area contributed by atoms with Crippen LogP contribution in [0.3, 0.4) is 0 Å². The number of carbonyl (C=O) groups excluding carboxylic acids is 2. The zero-order valence-corrected chi connectivity index (χ0v) is 23.1. The Labute approximate surface area is 242 Å². The van der Waals surface area contributed by atoms with E-state index in [1.807, 2.05) is 0 Å². The van der Waals surface area contributed by atoms with Gasteiger partial charge in [-0.25, -0.2) is 18.2 Å². The topological polar surface area (TPSA) is 110 Å². The van der Waals surface area contributed by atoms with Gasteiger partial charge in [-0.1, -0.05) is 0 Å². The van der Waals surface area contributed by atoms with Crippen LogP contribution in [0.5, 0.6) is 0 Å². The van der Waals surface area contributed by atoms with E-state index in [0.29, 0.717) is 16.7 Å². The third kappa shape index (κ3) is 4.88. The highest BCUT2D eigenvalue weighted by Crippen LogP contribution is 2.40. The molecule has 8 nitrogen and oxygen atoms in total. The standard InChI is InChI=1S/C32H23F3N4O4/c1-15-21(12-18(13-22(15)34)30(40)38-16(2)32-39-23-10-11-37-14-25(23)43-32)20-8-9-24-26(28(20)35)27(31(41)36-3)29(42-24)17-4-6-19(33)7-5-17/h4-14,16H,1-3H3,(H,36,41)(H,38,40). The number of nitrogens with zero attached hydrogens (tertiary/aromatic N) is 2. The zero-order chi connectivity index (χ0) is 30.4. The first-order chi connectivity index (χ1) is 20.7. The Morgan fingerprint density at radius 3 is 2.40 bits per heavy atom. The van der Waals surface area contributed by atoms with Crippen molar-refractivity contribution in [2.75, 3.05) is 7.05 Å². The van der Waals surface area contributed by atoms with Crippen LogP contribution in [-0.2, 0) is 0 Å². The predicted molar refractivity (Wildman–Crippen MR) is 153 cm³/mol. The van der Waals surface area contributed by atoms with Crippen LogP contribution < -0.4 is 10.6 Å². The summed E-state index contributed by atoms with van der Waals surface area (Å²) in [7, 11) is 1.39. The second-order valence-electron chi connectivity index (χ2n) is 9.91. The number of furan rings is 1. The largest absolute Gasteiger partial charge is 0.455 e. The van der Waals surface area contributed by atoms with E-state index in [1.165, 1.54) is 62.6 Å². The summed E-state index contributed by atoms with van der Waals surface area (Å²) in [6.07, 6.45) is 3.07. The molecule has 0 aliphatic heterocycles. The Balaban J connectivity index is 1.41. The number of amides is 2. The average molecular weight is 585 g/mol. The van der Waals surface area contributed by atoms with Gasteiger partial charge in [-0.3, -0.25) is 14.6 Å². The summed E-state index contributed by atoms with van der Waals surface area (Å²) in [4.78, 5) is 34.5. The fraction of sp³-hybridized carbons (Fsp3) is 0.125. The molecule has 3 heterocycles. The fourth-order valence-corrected chi connectivity index (χ4v) is 4.92. The summed E-state index contributed by atoms with van der Waals surface area (Å²) in [5.74, 6) is -3.05. The molecular weight excluding hydrogens is 561 g/mol. The minimum Gasteiger partial charge on any atom is -0.455 e. The van der Waals surface area contributed by atoms with E-state index < -0.39 is 35.3 Å². The molecule has 0 aliphatic carbocycles. The van der Waals surface area contributed by atoms with Crippen LogP contribution in [0.2, 0.25) is 0 Å². The van der Waals surface area contributed by atoms with Gasteiger partial charge in [0.25, 0.3) is 11.8 Å². The number of oxazole rings is 1. The van der Waals surface area contributed by atoms with E-state index in [2.05, 4.69) is 20.6 Å². The molecule has 11 heteroatoms. The second kappa shape index (κ2) is 10.8. The first-order valence-electron chi connectivity index (χ1n) is 13.2. The third-order valence-electron chi connectivity index (χ3n) is 7.18. The molecule has 0 bridgehead atoms. The number of benzene rings is 3. The normalized spacial score (nSPS) is 12.0. The molecule has 1 unspecified atom stereocenters. The van der Waals surface area contributed by atoms with E-state index in [1.54, 1.807) is 19.2 Å². The first-order valence-corrected chi connectivity index (χ1v) is 13.2. The molecule has 216 valence electrons. The molecule has 0 saturated carbocycles. The molecule has 0 spiro atoms. The zero-order valence-electron chi connectivity index (χ0n) is 23.1. The molecule has 0 fully saturated rings. The van der Waals surface area contributed by atoms with Gasteiger partial charge in [0.2, 0.25) is 5.89 Å². The van der Waals surface area contributed by atoms with Gasteiger partial charge in [-0.2, -0.15) is 0 Å². The van der Waals surface area contributed by atoms with Gasteiger partial charge < -0.3 is 19.5 Å². The lowest BCUT2D eigenvalue weighted by Gasteiger charge is -2.14. The molecule has 0 radical (unpaired) electrons. The van der Waals surface area contributed by atoms with Crippen LogP contribution in [0.1, 0.15) is 45.1 Å². The molecular formula is C32H23F3N4O4. The quantitative estimate of drug-likeness (QED) is 0.221. The Hall–Kier alpha value is -5.45. The lowest BCUT2D eigenvalue weighted by molar-refractivity contribution is 0.0932. The van der Waals surface area contributed by atoms with E-state index >= 15 is 8.78 Å². The number of nitrogens with one attached hydrogen (secondary N) is 2. The lowest BCUT2D eigenvalue weighted by Crippen LogP contribution is -2.27. The Morgan fingerprint density at radius 1 is 0.907 bits per heavy atom. The minimum atomic E-state index is -0.846. The smallest absolute Gasteiger partial charge is 0.255 e. The monoisotopic (exact) mass is 584 g/mol. The number of hydrogen-bond donors (Lipinski definition) is 2. The molecule has 6 aromatic rings. The highest BCUT2D eigenvalue weighted by molar-refractivity contribution is 6.12. The van der Waals surface area contributed by atoms with Gasteiger partial charge in [0.05, 0.1) is 17.1 Å². The van der Waals surface area contributed by atoms with Crippen molar-refractivity contribution < 1.29 is 31.6 Å². The van der Waals surface area contributed by atoms with Gasteiger partial charge >= 0.3 is 0 Å². The van der Waals surface area contributed by atoms with Crippen molar-refractivity contribution in [3.8, 4) is 22.5 Å². The van der Waals surface area contributed by atoms with Crippen molar-refractivity contribution in [2.24, 2.45) is 0 Å². The maximum Gasteiger partial charge on any atom is 0.255 e. The van der Waals surface area contributed by atoms with E-state index in [4.69, 9.17) is 8.83 Å². The molecule has 2 amide bonds. The minimum absolute atomic E-state index is 0.0466. The summed E-state index contributed by atoms with van der Waals surface area (Å²) < 4.78 is 56.6. The van der Waals surface area contributed by atoms with Crippen LogP contribution in [0.15, 0.2) is 75.8 Å². The summed E-state index contributed by atoms with van der Waals surface area (Å²) in [6, 6.07) is 11.5. The van der Waals surface area contributed by atoms with E-state index in [-0.39, 0.29) is 50.4 Å². The van der Waals surface area contributed by atoms with Crippen molar-refractivity contribution in [1.82, 2.24) is 20.6 Å². The Morgan fingerprint density at radius 2 is 1.67 bits per heavy atom. The number of aromatic nitrogens is 2. The summed E-state index contributed by atoms with van der Waals surface area (Å²) >= 11 is 0. The summed E-state index contributed by atoms with van der Waals surface area (Å²) in [5, 5.41) is 5.08. The van der Waals surface area contributed by atoms with Crippen LogP contribution in [0, 0.1) is 24.4 Å². The van der Waals surface area contributed by atoms with Crippen molar-refractivity contribution in [2.45, 2.75) is 19.9 Å². The van der Waals surface area contributed by atoms with Crippen LogP contribution in [-0.4, -0.2) is 28.8 Å². The number of halogens is 3. The van der Waals surface area contributed by atoms with Crippen molar-refractivity contribution in [1.29, 1.82) is 0 Å². The number of rotatable bonds is 6. The number of carbonyl (C=O) groups is 2. The van der Waals surface area contributed by atoms with E-state index in [0.717, 1.165) is 6.07 Å². The van der Waals surface area contributed by atoms with Gasteiger partial charge in [-0.05, 0) is 79.6 Å². The second-order valence-corrected chi connectivity index (χ2v) is 9.91. The molecule has 43 heavy (non-hydrogen) atoms. The van der Waals surface area contributed by atoms with Crippen LogP contribution >= 0.6 is 0 Å². The lowest BCUT2D eigenvalue weighted by atomic mass is 9.94. The number of fused-ring (bicyclic) bond motifs is 2. The molecule has 2 N–H and O–H groups in total. The highest BCUT2D eigenvalue weighted by Gasteiger charge is 2.27. The number of pyridine rings is 1. The van der Waals surface area contributed by atoms with Gasteiger partial charge in [0.15, 0.2) is 5.58 Å². The summed E-state index contributed by atoms with van der Waals surface area (Å²) in [6.45, 7) is 3.12. The maximum atomic E-state index is 16.3. The van der Waals surface area contributed by atoms with Crippen molar-refractivity contribution in [3.05, 3.63) is 107 Å². The Kier molecular flexibility index (Phi) is 6.93. The first kappa shape index (κ1) is 27.7. The van der Waals surface area contributed by atoms with Gasteiger partial charge in [0.1, 0.15) is 40.4 Å². The Bertz CT molecular complexity index is 2020. The highest BCUT2D eigenvalue weighted by atomic mass is 19.1. The van der Waals surface area contributed by atoms with Gasteiger partial charge in [0, 0.05) is 29.9 Å². The van der Waals surface area contributed by atoms with E-state index in [9.17, 15) is 14.0 Å². The molecule has 1 atom stereocenters. The van der Waals surface area contributed by atoms with Crippen molar-refractivity contribution >= 4 is 33.9 Å². The molecule has 3 aromatic carbocycles. The molecule has 3 aromatic heterocycles. The van der Waals surface area contributed by atoms with Crippen LogP contribution in [0.25, 0.3) is 44.5 Å². The average Bonchev–Trinajstić information content (AvgIpc) is 3.62. The SMILES string of the molecule is CNC(=O)c1c(-c2ccc(F)cc2)oc2ccc(-c3cc(C(=O)NC(C)c4nc5ccncc5o4)cc(F)c3C)c(F)c12. The number of hydrogen-bond acceptors (Lipinski definition) is 6.